The van der Waals surface area contributed by atoms with Gasteiger partial charge in [0.15, 0.2) is 11.5 Å². The van der Waals surface area contributed by atoms with E-state index in [1.807, 2.05) is 26.0 Å². The van der Waals surface area contributed by atoms with E-state index in [4.69, 9.17) is 15.4 Å². The van der Waals surface area contributed by atoms with Gasteiger partial charge in [0.2, 0.25) is 0 Å². The zero-order chi connectivity index (χ0) is 12.8. The van der Waals surface area contributed by atoms with Gasteiger partial charge >= 0.3 is 0 Å². The number of ether oxygens (including phenoxy) is 2. The normalized spacial score (nSPS) is 10.7. The van der Waals surface area contributed by atoms with Gasteiger partial charge in [0, 0.05) is 16.5 Å². The summed E-state index contributed by atoms with van der Waals surface area (Å²) >= 11 is 3.44. The number of hydrogen-bond acceptors (Lipinski definition) is 4. The highest BCUT2D eigenvalue weighted by molar-refractivity contribution is 9.10. The average Bonchev–Trinajstić information content (AvgIpc) is 2.28. The third-order valence-electron chi connectivity index (χ3n) is 2.16. The number of hydrogen-bond donors (Lipinski definition) is 1. The molecule has 0 saturated carbocycles. The summed E-state index contributed by atoms with van der Waals surface area (Å²) in [4.78, 5) is 4.61. The van der Waals surface area contributed by atoms with Crippen molar-refractivity contribution in [2.45, 2.75) is 26.4 Å². The Morgan fingerprint density at radius 3 is 2.59 bits per heavy atom. The summed E-state index contributed by atoms with van der Waals surface area (Å²) in [6.07, 6.45) is 0.761. The second kappa shape index (κ2) is 6.83. The van der Waals surface area contributed by atoms with Crippen molar-refractivity contribution in [1.29, 1.82) is 0 Å². The predicted octanol–water partition coefficient (Wildman–Crippen LogP) is 2.68. The second-order valence-electron chi connectivity index (χ2n) is 3.88. The van der Waals surface area contributed by atoms with E-state index in [1.54, 1.807) is 7.11 Å². The molecule has 0 aromatic heterocycles. The summed E-state index contributed by atoms with van der Waals surface area (Å²) in [6, 6.07) is 3.86. The molecule has 0 aliphatic heterocycles. The van der Waals surface area contributed by atoms with Crippen LogP contribution in [-0.2, 0) is 11.3 Å². The third kappa shape index (κ3) is 4.18. The fourth-order valence-corrected chi connectivity index (χ4v) is 1.98. The molecule has 1 rings (SSSR count). The van der Waals surface area contributed by atoms with E-state index in [9.17, 15) is 0 Å². The van der Waals surface area contributed by atoms with Crippen LogP contribution < -0.4 is 15.4 Å². The van der Waals surface area contributed by atoms with Gasteiger partial charge in [-0.2, -0.15) is 0 Å². The summed E-state index contributed by atoms with van der Waals surface area (Å²) in [5.41, 5.74) is 1.01. The topological polar surface area (TPSA) is 53.7 Å². The Labute approximate surface area is 110 Å². The van der Waals surface area contributed by atoms with E-state index in [0.717, 1.165) is 15.8 Å². The van der Waals surface area contributed by atoms with Crippen LogP contribution in [0.3, 0.4) is 0 Å². The molecule has 17 heavy (non-hydrogen) atoms. The summed E-state index contributed by atoms with van der Waals surface area (Å²) < 4.78 is 12.0. The maximum Gasteiger partial charge on any atom is 0.164 e. The van der Waals surface area contributed by atoms with E-state index in [2.05, 4.69) is 20.8 Å². The van der Waals surface area contributed by atoms with Gasteiger partial charge < -0.3 is 14.3 Å². The Morgan fingerprint density at radius 2 is 2.06 bits per heavy atom. The molecular formula is C12H18BrNO3. The second-order valence-corrected chi connectivity index (χ2v) is 4.80. The molecule has 96 valence electrons. The minimum absolute atomic E-state index is 0.0858. The molecule has 5 heteroatoms. The molecule has 0 atom stereocenters. The number of methoxy groups -OCH3 is 1. The first-order chi connectivity index (χ1) is 8.08. The van der Waals surface area contributed by atoms with Crippen LogP contribution in [0.15, 0.2) is 16.6 Å². The van der Waals surface area contributed by atoms with Gasteiger partial charge in [-0.3, -0.25) is 0 Å². The van der Waals surface area contributed by atoms with E-state index in [-0.39, 0.29) is 6.10 Å². The molecule has 4 nitrogen and oxygen atoms in total. The van der Waals surface area contributed by atoms with E-state index in [1.165, 1.54) is 0 Å². The maximum atomic E-state index is 5.78. The molecular weight excluding hydrogens is 286 g/mol. The Kier molecular flexibility index (Phi) is 5.74. The Balaban J connectivity index is 3.08. The first-order valence-corrected chi connectivity index (χ1v) is 6.22. The highest BCUT2D eigenvalue weighted by atomic mass is 79.9. The van der Waals surface area contributed by atoms with Crippen molar-refractivity contribution in [3.05, 3.63) is 22.2 Å². The molecule has 0 unspecified atom stereocenters. The van der Waals surface area contributed by atoms with Crippen molar-refractivity contribution in [3.8, 4) is 11.5 Å². The van der Waals surface area contributed by atoms with Crippen LogP contribution in [0, 0.1) is 0 Å². The minimum atomic E-state index is 0.0858. The van der Waals surface area contributed by atoms with Crippen LogP contribution >= 0.6 is 15.9 Å². The maximum absolute atomic E-state index is 5.78. The summed E-state index contributed by atoms with van der Waals surface area (Å²) in [5, 5.41) is 0. The Hall–Kier alpha value is -0.780. The van der Waals surface area contributed by atoms with Crippen molar-refractivity contribution in [2.24, 2.45) is 5.90 Å². The van der Waals surface area contributed by atoms with Crippen molar-refractivity contribution < 1.29 is 14.3 Å². The fraction of sp³-hybridized carbons (Fsp3) is 0.500. The van der Waals surface area contributed by atoms with Crippen LogP contribution in [0.25, 0.3) is 0 Å². The van der Waals surface area contributed by atoms with E-state index >= 15 is 0 Å². The molecule has 0 aliphatic carbocycles. The summed E-state index contributed by atoms with van der Waals surface area (Å²) in [7, 11) is 1.62. The molecule has 1 aromatic carbocycles. The number of nitrogens with two attached hydrogens (primary N) is 1. The molecule has 1 aromatic rings. The van der Waals surface area contributed by atoms with E-state index < -0.39 is 0 Å². The van der Waals surface area contributed by atoms with Crippen molar-refractivity contribution in [2.75, 3.05) is 13.7 Å². The molecule has 0 amide bonds. The first-order valence-electron chi connectivity index (χ1n) is 5.43. The largest absolute Gasteiger partial charge is 0.493 e. The van der Waals surface area contributed by atoms with Gasteiger partial charge in [-0.25, -0.2) is 5.90 Å². The minimum Gasteiger partial charge on any atom is -0.493 e. The molecule has 0 bridgehead atoms. The monoisotopic (exact) mass is 303 g/mol. The van der Waals surface area contributed by atoms with Crippen LogP contribution in [0.1, 0.15) is 19.4 Å². The summed E-state index contributed by atoms with van der Waals surface area (Å²) in [6.45, 7) is 4.39. The summed E-state index contributed by atoms with van der Waals surface area (Å²) in [5.74, 6) is 6.51. The number of benzene rings is 1. The molecule has 2 N–H and O–H groups in total. The zero-order valence-corrected chi connectivity index (χ0v) is 11.9. The lowest BCUT2D eigenvalue weighted by molar-refractivity contribution is 0.139. The highest BCUT2D eigenvalue weighted by Crippen LogP contribution is 2.35. The molecule has 0 saturated heterocycles. The molecule has 0 fully saturated rings. The van der Waals surface area contributed by atoms with Crippen LogP contribution in [0.4, 0.5) is 0 Å². The fourth-order valence-electron chi connectivity index (χ4n) is 1.50. The van der Waals surface area contributed by atoms with Crippen LogP contribution in [0.2, 0.25) is 0 Å². The lowest BCUT2D eigenvalue weighted by Gasteiger charge is -2.17. The van der Waals surface area contributed by atoms with Crippen molar-refractivity contribution in [3.63, 3.8) is 0 Å². The Bertz CT molecular complexity index is 369. The molecule has 0 spiro atoms. The number of halogens is 1. The average molecular weight is 304 g/mol. The lowest BCUT2D eigenvalue weighted by atomic mass is 10.1. The zero-order valence-electron chi connectivity index (χ0n) is 10.3. The quantitative estimate of drug-likeness (QED) is 0.821. The van der Waals surface area contributed by atoms with Gasteiger partial charge in [-0.05, 0) is 26.0 Å². The van der Waals surface area contributed by atoms with Gasteiger partial charge in [0.1, 0.15) is 0 Å². The standard InChI is InChI=1S/C12H18BrNO3/c1-8(2)17-12-9(4-5-16-14)6-10(13)7-11(12)15-3/h6-8H,4-5,14H2,1-3H3. The van der Waals surface area contributed by atoms with Crippen molar-refractivity contribution in [1.82, 2.24) is 0 Å². The predicted molar refractivity (Wildman–Crippen MR) is 70.3 cm³/mol. The molecule has 0 radical (unpaired) electrons. The van der Waals surface area contributed by atoms with Gasteiger partial charge in [-0.15, -0.1) is 0 Å². The lowest BCUT2D eigenvalue weighted by Crippen LogP contribution is -2.11. The van der Waals surface area contributed by atoms with Crippen molar-refractivity contribution >= 4 is 15.9 Å². The van der Waals surface area contributed by atoms with Gasteiger partial charge in [-0.1, -0.05) is 15.9 Å². The first kappa shape index (κ1) is 14.3. The van der Waals surface area contributed by atoms with Gasteiger partial charge in [0.25, 0.3) is 0 Å². The van der Waals surface area contributed by atoms with Crippen LogP contribution in [0.5, 0.6) is 11.5 Å². The smallest absolute Gasteiger partial charge is 0.164 e. The van der Waals surface area contributed by atoms with E-state index in [0.29, 0.717) is 18.8 Å². The molecule has 0 aliphatic rings. The Morgan fingerprint density at radius 1 is 1.35 bits per heavy atom. The SMILES string of the molecule is COc1cc(Br)cc(CCON)c1OC(C)C. The highest BCUT2D eigenvalue weighted by Gasteiger charge is 2.13. The molecule has 0 heterocycles. The number of rotatable bonds is 6. The third-order valence-corrected chi connectivity index (χ3v) is 2.62. The van der Waals surface area contributed by atoms with Crippen LogP contribution in [-0.4, -0.2) is 19.8 Å². The van der Waals surface area contributed by atoms with Gasteiger partial charge in [0.05, 0.1) is 19.8 Å².